The van der Waals surface area contributed by atoms with Gasteiger partial charge in [-0.3, -0.25) is 9.69 Å². The number of thioether (sulfide) groups is 1. The number of aliphatic hydroxyl groups excluding tert-OH is 1. The number of alkyl halides is 3. The standard InChI is InChI=1S/C33H33F4NO5S/c1-19-9-20(2)26(21(3)10-19)16-38(15-25-7-8-31(43-25)33(35,36)37)14-23-6-5-22(12-29(23)42-4)24-11-28(34)27(17-39)30(13-24)44-18-32(40)41/h5-13,39H,14-18H2,1-4H3,(H,40,41). The summed E-state index contributed by atoms with van der Waals surface area (Å²) < 4.78 is 65.4. The van der Waals surface area contributed by atoms with Crippen LogP contribution in [0.15, 0.2) is 63.9 Å². The van der Waals surface area contributed by atoms with Crippen LogP contribution in [0.2, 0.25) is 0 Å². The maximum absolute atomic E-state index is 14.9. The van der Waals surface area contributed by atoms with E-state index in [0.29, 0.717) is 34.9 Å². The molecule has 1 aromatic heterocycles. The van der Waals surface area contributed by atoms with Gasteiger partial charge in [0.05, 0.1) is 26.0 Å². The normalized spacial score (nSPS) is 11.8. The van der Waals surface area contributed by atoms with Crippen molar-refractivity contribution in [3.63, 3.8) is 0 Å². The molecular formula is C33H33F4NO5S. The second-order valence-electron chi connectivity index (χ2n) is 10.6. The second kappa shape index (κ2) is 13.9. The minimum absolute atomic E-state index is 0.0209. The Labute approximate surface area is 257 Å². The van der Waals surface area contributed by atoms with Gasteiger partial charge in [-0.15, -0.1) is 11.8 Å². The Morgan fingerprint density at radius 2 is 1.64 bits per heavy atom. The summed E-state index contributed by atoms with van der Waals surface area (Å²) in [5.41, 5.74) is 6.13. The maximum atomic E-state index is 14.9. The molecule has 0 unspecified atom stereocenters. The van der Waals surface area contributed by atoms with Gasteiger partial charge in [-0.25, -0.2) is 4.39 Å². The van der Waals surface area contributed by atoms with Gasteiger partial charge in [-0.05, 0) is 78.9 Å². The molecule has 11 heteroatoms. The number of nitrogens with zero attached hydrogens (tertiary/aromatic N) is 1. The molecule has 44 heavy (non-hydrogen) atoms. The number of aryl methyl sites for hydroxylation is 3. The Hall–Kier alpha value is -3.80. The zero-order chi connectivity index (χ0) is 32.2. The number of hydrogen-bond donors (Lipinski definition) is 2. The average molecular weight is 632 g/mol. The molecule has 0 aliphatic rings. The molecule has 0 fully saturated rings. The van der Waals surface area contributed by atoms with Crippen molar-refractivity contribution in [3.8, 4) is 16.9 Å². The van der Waals surface area contributed by atoms with Crippen LogP contribution in [0.5, 0.6) is 5.75 Å². The van der Waals surface area contributed by atoms with Crippen molar-refractivity contribution in [3.05, 3.63) is 105 Å². The number of benzene rings is 3. The number of carboxylic acids is 1. The Morgan fingerprint density at radius 3 is 2.23 bits per heavy atom. The van der Waals surface area contributed by atoms with Gasteiger partial charge >= 0.3 is 12.1 Å². The van der Waals surface area contributed by atoms with Crippen molar-refractivity contribution in [1.29, 1.82) is 0 Å². The first-order chi connectivity index (χ1) is 20.8. The van der Waals surface area contributed by atoms with Crippen LogP contribution in [0, 0.1) is 26.6 Å². The first kappa shape index (κ1) is 33.1. The molecule has 0 spiro atoms. The molecule has 4 aromatic rings. The number of halogens is 4. The predicted molar refractivity (Wildman–Crippen MR) is 160 cm³/mol. The third-order valence-corrected chi connectivity index (χ3v) is 8.29. The third kappa shape index (κ3) is 8.02. The molecule has 6 nitrogen and oxygen atoms in total. The zero-order valence-electron chi connectivity index (χ0n) is 24.7. The zero-order valence-corrected chi connectivity index (χ0v) is 25.5. The molecule has 0 radical (unpaired) electrons. The van der Waals surface area contributed by atoms with Crippen molar-refractivity contribution >= 4 is 17.7 Å². The Bertz CT molecular complexity index is 1630. The van der Waals surface area contributed by atoms with Crippen LogP contribution in [0.3, 0.4) is 0 Å². The number of furan rings is 1. The van der Waals surface area contributed by atoms with Gasteiger partial charge in [-0.1, -0.05) is 29.8 Å². The van der Waals surface area contributed by atoms with Crippen LogP contribution < -0.4 is 4.74 Å². The molecule has 0 aliphatic carbocycles. The topological polar surface area (TPSA) is 83.1 Å². The van der Waals surface area contributed by atoms with E-state index >= 15 is 0 Å². The lowest BCUT2D eigenvalue weighted by Gasteiger charge is -2.25. The minimum atomic E-state index is -4.59. The third-order valence-electron chi connectivity index (χ3n) is 7.22. The number of methoxy groups -OCH3 is 1. The number of aliphatic carboxylic acids is 1. The first-order valence-corrected chi connectivity index (χ1v) is 14.7. The van der Waals surface area contributed by atoms with Crippen molar-refractivity contribution < 1.29 is 41.7 Å². The predicted octanol–water partition coefficient (Wildman–Crippen LogP) is 7.91. The molecule has 0 saturated heterocycles. The summed E-state index contributed by atoms with van der Waals surface area (Å²) in [6.07, 6.45) is -4.59. The summed E-state index contributed by atoms with van der Waals surface area (Å²) >= 11 is 0.916. The Morgan fingerprint density at radius 1 is 0.932 bits per heavy atom. The van der Waals surface area contributed by atoms with E-state index < -0.39 is 30.3 Å². The first-order valence-electron chi connectivity index (χ1n) is 13.7. The number of aliphatic hydroxyl groups is 1. The van der Waals surface area contributed by atoms with Gasteiger partial charge in [0.15, 0.2) is 0 Å². The van der Waals surface area contributed by atoms with E-state index in [0.717, 1.165) is 45.6 Å². The van der Waals surface area contributed by atoms with Crippen LogP contribution in [0.1, 0.15) is 44.9 Å². The Kier molecular flexibility index (Phi) is 10.4. The Balaban J connectivity index is 1.68. The largest absolute Gasteiger partial charge is 0.496 e. The van der Waals surface area contributed by atoms with E-state index in [1.165, 1.54) is 19.2 Å². The highest BCUT2D eigenvalue weighted by Crippen LogP contribution is 2.35. The highest BCUT2D eigenvalue weighted by atomic mass is 32.2. The van der Waals surface area contributed by atoms with E-state index in [1.54, 1.807) is 24.3 Å². The van der Waals surface area contributed by atoms with Crippen LogP contribution in [-0.4, -0.2) is 33.9 Å². The van der Waals surface area contributed by atoms with Crippen molar-refractivity contribution in [2.75, 3.05) is 12.9 Å². The fourth-order valence-electron chi connectivity index (χ4n) is 5.18. The lowest BCUT2D eigenvalue weighted by molar-refractivity contribution is -0.153. The molecule has 234 valence electrons. The number of ether oxygens (including phenoxy) is 1. The van der Waals surface area contributed by atoms with E-state index in [-0.39, 0.29) is 23.6 Å². The van der Waals surface area contributed by atoms with Gasteiger partial charge < -0.3 is 19.4 Å². The van der Waals surface area contributed by atoms with Crippen LogP contribution in [-0.2, 0) is 37.2 Å². The number of carbonyl (C=O) groups is 1. The van der Waals surface area contributed by atoms with Crippen LogP contribution in [0.4, 0.5) is 17.6 Å². The molecule has 3 aromatic carbocycles. The van der Waals surface area contributed by atoms with Gasteiger partial charge in [-0.2, -0.15) is 13.2 Å². The van der Waals surface area contributed by atoms with Crippen molar-refractivity contribution in [2.45, 2.75) is 58.1 Å². The minimum Gasteiger partial charge on any atom is -0.496 e. The molecule has 0 aliphatic heterocycles. The van der Waals surface area contributed by atoms with Gasteiger partial charge in [0.1, 0.15) is 17.3 Å². The second-order valence-corrected chi connectivity index (χ2v) is 11.6. The van der Waals surface area contributed by atoms with Crippen LogP contribution >= 0.6 is 11.8 Å². The molecule has 0 bridgehead atoms. The lowest BCUT2D eigenvalue weighted by Crippen LogP contribution is -2.23. The number of carboxylic acid groups (broad SMARTS) is 1. The van der Waals surface area contributed by atoms with Gasteiger partial charge in [0.2, 0.25) is 5.76 Å². The van der Waals surface area contributed by atoms with Gasteiger partial charge in [0, 0.05) is 29.1 Å². The molecule has 0 saturated carbocycles. The fraction of sp³-hybridized carbons (Fsp3) is 0.303. The molecule has 1 heterocycles. The molecule has 2 N–H and O–H groups in total. The van der Waals surface area contributed by atoms with Gasteiger partial charge in [0.25, 0.3) is 0 Å². The van der Waals surface area contributed by atoms with E-state index in [9.17, 15) is 27.5 Å². The molecule has 4 rings (SSSR count). The SMILES string of the molecule is COc1cc(-c2cc(F)c(CO)c(SCC(=O)O)c2)ccc1CN(Cc1ccc(C(F)(F)F)o1)Cc1c(C)cc(C)cc1C. The molecule has 0 atom stereocenters. The van der Waals surface area contributed by atoms with Crippen molar-refractivity contribution in [2.24, 2.45) is 0 Å². The number of hydrogen-bond acceptors (Lipinski definition) is 6. The van der Waals surface area contributed by atoms with E-state index in [2.05, 4.69) is 12.1 Å². The van der Waals surface area contributed by atoms with Crippen LogP contribution in [0.25, 0.3) is 11.1 Å². The summed E-state index contributed by atoms with van der Waals surface area (Å²) in [5.74, 6) is -2.44. The smallest absolute Gasteiger partial charge is 0.449 e. The summed E-state index contributed by atoms with van der Waals surface area (Å²) in [6.45, 7) is 6.27. The van der Waals surface area contributed by atoms with Crippen molar-refractivity contribution in [1.82, 2.24) is 4.90 Å². The summed E-state index contributed by atoms with van der Waals surface area (Å²) in [7, 11) is 1.49. The summed E-state index contributed by atoms with van der Waals surface area (Å²) in [4.78, 5) is 13.4. The average Bonchev–Trinajstić information content (AvgIpc) is 3.43. The monoisotopic (exact) mass is 631 g/mol. The van der Waals surface area contributed by atoms with E-state index in [1.807, 2.05) is 25.7 Å². The quantitative estimate of drug-likeness (QED) is 0.121. The highest BCUT2D eigenvalue weighted by molar-refractivity contribution is 8.00. The molecular weight excluding hydrogens is 598 g/mol. The number of rotatable bonds is 12. The summed E-state index contributed by atoms with van der Waals surface area (Å²) in [6, 6.07) is 14.6. The maximum Gasteiger partial charge on any atom is 0.449 e. The molecule has 0 amide bonds. The van der Waals surface area contributed by atoms with E-state index in [4.69, 9.17) is 14.3 Å². The lowest BCUT2D eigenvalue weighted by atomic mass is 9.98. The summed E-state index contributed by atoms with van der Waals surface area (Å²) in [5, 5.41) is 18.7. The fourth-order valence-corrected chi connectivity index (χ4v) is 6.01. The highest BCUT2D eigenvalue weighted by Gasteiger charge is 2.35.